The second-order valence-corrected chi connectivity index (χ2v) is 9.93. The third kappa shape index (κ3) is 7.84. The molecule has 0 amide bonds. The first kappa shape index (κ1) is 25.1. The van der Waals surface area contributed by atoms with Crippen molar-refractivity contribution in [2.24, 2.45) is 0 Å². The van der Waals surface area contributed by atoms with Crippen molar-refractivity contribution in [1.82, 2.24) is 0 Å². The Kier molecular flexibility index (Phi) is 10.2. The van der Waals surface area contributed by atoms with Crippen molar-refractivity contribution < 1.29 is 19.0 Å². The van der Waals surface area contributed by atoms with Crippen LogP contribution in [0.3, 0.4) is 0 Å². The molecule has 5 heteroatoms. The molecule has 160 valence electrons. The maximum Gasteiger partial charge on any atom is 0.189 e. The van der Waals surface area contributed by atoms with Gasteiger partial charge in [0.05, 0.1) is 13.2 Å². The van der Waals surface area contributed by atoms with Crippen LogP contribution in [0, 0.1) is 0 Å². The van der Waals surface area contributed by atoms with E-state index in [0.717, 1.165) is 40.6 Å². The minimum atomic E-state index is -0.159. The molecule has 0 fully saturated rings. The lowest BCUT2D eigenvalue weighted by atomic mass is 9.78. The van der Waals surface area contributed by atoms with E-state index in [4.69, 9.17) is 14.2 Å². The Morgan fingerprint density at radius 2 is 1.54 bits per heavy atom. The number of unbranched alkanes of at least 4 members (excludes halogenated alkanes) is 1. The molecule has 0 radical (unpaired) electrons. The third-order valence-corrected chi connectivity index (χ3v) is 5.09. The molecule has 0 aliphatic carbocycles. The van der Waals surface area contributed by atoms with Crippen LogP contribution in [0.15, 0.2) is 12.1 Å². The summed E-state index contributed by atoms with van der Waals surface area (Å²) in [6.07, 6.45) is 2.47. The molecule has 1 rings (SSSR count). The van der Waals surface area contributed by atoms with Gasteiger partial charge >= 0.3 is 0 Å². The van der Waals surface area contributed by atoms with Crippen LogP contribution < -0.4 is 4.74 Å². The van der Waals surface area contributed by atoms with Crippen LogP contribution >= 0.6 is 15.9 Å². The van der Waals surface area contributed by atoms with Gasteiger partial charge in [0.25, 0.3) is 0 Å². The zero-order valence-electron chi connectivity index (χ0n) is 18.6. The van der Waals surface area contributed by atoms with Gasteiger partial charge in [-0.1, -0.05) is 57.5 Å². The highest BCUT2D eigenvalue weighted by molar-refractivity contribution is 9.09. The highest BCUT2D eigenvalue weighted by atomic mass is 79.9. The maximum atomic E-state index is 12.8. The summed E-state index contributed by atoms with van der Waals surface area (Å²) in [5, 5.41) is 0.927. The molecule has 0 heterocycles. The van der Waals surface area contributed by atoms with Gasteiger partial charge in [0.15, 0.2) is 12.6 Å². The number of ketones is 1. The number of rotatable bonds is 11. The molecule has 0 saturated carbocycles. The molecule has 0 saturated heterocycles. The van der Waals surface area contributed by atoms with E-state index in [0.29, 0.717) is 19.6 Å². The predicted molar refractivity (Wildman–Crippen MR) is 119 cm³/mol. The summed E-state index contributed by atoms with van der Waals surface area (Å²) in [5.74, 6) is 1.02. The van der Waals surface area contributed by atoms with Crippen LogP contribution in [0.1, 0.15) is 82.3 Å². The first-order valence-electron chi connectivity index (χ1n) is 10.00. The number of alkyl halides is 1. The zero-order valence-corrected chi connectivity index (χ0v) is 20.2. The van der Waals surface area contributed by atoms with Crippen molar-refractivity contribution in [3.8, 4) is 5.75 Å². The molecular weight excluding hydrogens is 420 g/mol. The minimum absolute atomic E-state index is 0.159. The van der Waals surface area contributed by atoms with Gasteiger partial charge in [0.1, 0.15) is 5.75 Å². The summed E-state index contributed by atoms with van der Waals surface area (Å²) in [4.78, 5) is 12.8. The Morgan fingerprint density at radius 3 is 2.00 bits per heavy atom. The minimum Gasteiger partial charge on any atom is -0.467 e. The van der Waals surface area contributed by atoms with Gasteiger partial charge in [-0.3, -0.25) is 4.79 Å². The van der Waals surface area contributed by atoms with Gasteiger partial charge in [-0.05, 0) is 35.8 Å². The average molecular weight is 457 g/mol. The molecule has 0 bridgehead atoms. The van der Waals surface area contributed by atoms with E-state index in [9.17, 15) is 4.79 Å². The van der Waals surface area contributed by atoms with Crippen LogP contribution in [-0.2, 0) is 20.3 Å². The number of ether oxygens (including phenoxy) is 3. The number of hydrogen-bond acceptors (Lipinski definition) is 4. The van der Waals surface area contributed by atoms with Gasteiger partial charge in [-0.2, -0.15) is 0 Å². The van der Waals surface area contributed by atoms with Gasteiger partial charge in [-0.25, -0.2) is 0 Å². The van der Waals surface area contributed by atoms with Gasteiger partial charge in [-0.15, -0.1) is 0 Å². The van der Waals surface area contributed by atoms with Gasteiger partial charge in [0.2, 0.25) is 0 Å². The normalized spacial score (nSPS) is 12.3. The van der Waals surface area contributed by atoms with Gasteiger partial charge < -0.3 is 14.2 Å². The largest absolute Gasteiger partial charge is 0.467 e. The molecule has 0 unspecified atom stereocenters. The summed E-state index contributed by atoms with van der Waals surface area (Å²) in [5.41, 5.74) is 2.54. The molecule has 0 aromatic heterocycles. The molecule has 0 atom stereocenters. The van der Waals surface area contributed by atoms with Crippen molar-refractivity contribution in [3.63, 3.8) is 0 Å². The predicted octanol–water partition coefficient (Wildman–Crippen LogP) is 6.03. The third-order valence-electron chi connectivity index (χ3n) is 4.53. The number of hydrogen-bond donors (Lipinski definition) is 0. The lowest BCUT2D eigenvalue weighted by molar-refractivity contribution is -0.00992. The summed E-state index contributed by atoms with van der Waals surface area (Å²) >= 11 is 3.43. The number of carbonyl (C=O) groups is 1. The van der Waals surface area contributed by atoms with Crippen molar-refractivity contribution in [3.05, 3.63) is 28.8 Å². The fourth-order valence-corrected chi connectivity index (χ4v) is 3.28. The van der Waals surface area contributed by atoms with Crippen LogP contribution in [0.2, 0.25) is 0 Å². The molecule has 28 heavy (non-hydrogen) atoms. The van der Waals surface area contributed by atoms with Crippen molar-refractivity contribution in [2.75, 3.05) is 32.4 Å². The van der Waals surface area contributed by atoms with Crippen molar-refractivity contribution >= 4 is 21.7 Å². The molecule has 0 spiro atoms. The fraction of sp³-hybridized carbons (Fsp3) is 0.696. The summed E-state index contributed by atoms with van der Waals surface area (Å²) < 4.78 is 16.7. The summed E-state index contributed by atoms with van der Waals surface area (Å²) in [6.45, 7) is 14.0. The highest BCUT2D eigenvalue weighted by Gasteiger charge is 2.29. The van der Waals surface area contributed by atoms with E-state index in [2.05, 4.69) is 57.5 Å². The number of Topliss-reactive ketones (excluding diaryl/α,β-unsaturated/α-hetero) is 1. The molecule has 1 aromatic rings. The van der Waals surface area contributed by atoms with E-state index < -0.39 is 0 Å². The van der Waals surface area contributed by atoms with Crippen LogP contribution in [0.5, 0.6) is 5.75 Å². The standard InChI is InChI=1S/C23H37BrO4/c1-22(2,3)18-14-17(20(25)10-8-9-11-24)15-19(23(4,5)6)21(18)28-16-27-13-12-26-7/h14-15H,8-13,16H2,1-7H3. The number of carbonyl (C=O) groups excluding carboxylic acids is 1. The van der Waals surface area contributed by atoms with E-state index in [1.165, 1.54) is 0 Å². The molecular formula is C23H37BrO4. The van der Waals surface area contributed by atoms with Gasteiger partial charge in [0, 0.05) is 35.6 Å². The first-order chi connectivity index (χ1) is 13.0. The van der Waals surface area contributed by atoms with Crippen molar-refractivity contribution in [1.29, 1.82) is 0 Å². The number of halogens is 1. The lowest BCUT2D eigenvalue weighted by Crippen LogP contribution is -2.22. The SMILES string of the molecule is COCCOCOc1c(C(C)(C)C)cc(C(=O)CCCCBr)cc1C(C)(C)C. The molecule has 4 nitrogen and oxygen atoms in total. The average Bonchev–Trinajstić information content (AvgIpc) is 2.59. The quantitative estimate of drug-likeness (QED) is 0.176. The monoisotopic (exact) mass is 456 g/mol. The summed E-state index contributed by atoms with van der Waals surface area (Å²) in [6, 6.07) is 4.02. The second-order valence-electron chi connectivity index (χ2n) is 9.13. The van der Waals surface area contributed by atoms with Crippen LogP contribution in [0.25, 0.3) is 0 Å². The maximum absolute atomic E-state index is 12.8. The van der Waals surface area contributed by atoms with E-state index in [1.54, 1.807) is 7.11 Å². The highest BCUT2D eigenvalue weighted by Crippen LogP contribution is 2.41. The topological polar surface area (TPSA) is 44.8 Å². The Morgan fingerprint density at radius 1 is 0.964 bits per heavy atom. The zero-order chi connectivity index (χ0) is 21.4. The lowest BCUT2D eigenvalue weighted by Gasteiger charge is -2.30. The number of methoxy groups -OCH3 is 1. The molecule has 0 aliphatic rings. The number of benzene rings is 1. The van der Waals surface area contributed by atoms with E-state index in [1.807, 2.05) is 12.1 Å². The first-order valence-corrected chi connectivity index (χ1v) is 11.1. The van der Waals surface area contributed by atoms with E-state index in [-0.39, 0.29) is 23.4 Å². The molecule has 0 aliphatic heterocycles. The molecule has 1 aromatic carbocycles. The Hall–Kier alpha value is -0.910. The fourth-order valence-electron chi connectivity index (χ4n) is 2.89. The van der Waals surface area contributed by atoms with Crippen LogP contribution in [-0.4, -0.2) is 38.2 Å². The Bertz CT molecular complexity index is 591. The Labute approximate surface area is 179 Å². The smallest absolute Gasteiger partial charge is 0.189 e. The van der Waals surface area contributed by atoms with Crippen molar-refractivity contribution in [2.45, 2.75) is 71.6 Å². The second kappa shape index (κ2) is 11.3. The Balaban J connectivity index is 3.29. The summed E-state index contributed by atoms with van der Waals surface area (Å²) in [7, 11) is 1.65. The van der Waals surface area contributed by atoms with Crippen LogP contribution in [0.4, 0.5) is 0 Å². The van der Waals surface area contributed by atoms with E-state index >= 15 is 0 Å². The molecule has 0 N–H and O–H groups in total.